The van der Waals surface area contributed by atoms with E-state index in [2.05, 4.69) is 48.3 Å². The maximum atomic E-state index is 4.73. The molecule has 2 heterocycles. The van der Waals surface area contributed by atoms with E-state index in [0.717, 1.165) is 63.5 Å². The van der Waals surface area contributed by atoms with Crippen LogP contribution in [0.3, 0.4) is 0 Å². The molecule has 0 radical (unpaired) electrons. The van der Waals surface area contributed by atoms with E-state index in [9.17, 15) is 0 Å². The molecule has 6 nitrogen and oxygen atoms in total. The Morgan fingerprint density at radius 2 is 1.21 bits per heavy atom. The summed E-state index contributed by atoms with van der Waals surface area (Å²) in [5.41, 5.74) is -0.738. The summed E-state index contributed by atoms with van der Waals surface area (Å²) in [6.07, 6.45) is 3.94. The third-order valence-electron chi connectivity index (χ3n) is 4.68. The van der Waals surface area contributed by atoms with Gasteiger partial charge < -0.3 is 10.6 Å². The highest BCUT2D eigenvalue weighted by Gasteiger charge is 2.34. The Labute approximate surface area is 158 Å². The smallest absolute Gasteiger partial charge is 0.135 e. The van der Waals surface area contributed by atoms with Crippen LogP contribution < -0.4 is 10.6 Å². The molecule has 24 heavy (non-hydrogen) atoms. The first-order chi connectivity index (χ1) is 10.5. The Bertz CT molecular complexity index is 437. The van der Waals surface area contributed by atoms with Gasteiger partial charge in [-0.2, -0.15) is 10.2 Å². The second-order valence-electron chi connectivity index (χ2n) is 6.48. The molecule has 0 fully saturated rings. The molecule has 2 aliphatic heterocycles. The zero-order valence-electron chi connectivity index (χ0n) is 15.3. The highest BCUT2D eigenvalue weighted by Crippen LogP contribution is 2.24. The molecule has 0 saturated heterocycles. The monoisotopic (exact) mass is 378 g/mol. The van der Waals surface area contributed by atoms with Crippen LogP contribution in [-0.2, 0) is 0 Å². The topological polar surface area (TPSA) is 73.5 Å². The first-order valence-corrected chi connectivity index (χ1v) is 8.56. The Morgan fingerprint density at radius 3 is 1.46 bits per heavy atom. The Morgan fingerprint density at radius 1 is 0.833 bits per heavy atom. The fourth-order valence-corrected chi connectivity index (χ4v) is 2.58. The number of hydrogen-bond acceptors (Lipinski definition) is 6. The van der Waals surface area contributed by atoms with Crippen molar-refractivity contribution in [3.05, 3.63) is 0 Å². The van der Waals surface area contributed by atoms with Gasteiger partial charge in [0, 0.05) is 26.2 Å². The molecule has 0 aliphatic carbocycles. The minimum absolute atomic E-state index is 0. The molecule has 8 heteroatoms. The Balaban J connectivity index is 0.00000264. The van der Waals surface area contributed by atoms with Crippen LogP contribution in [0.1, 0.15) is 53.4 Å². The van der Waals surface area contributed by atoms with Gasteiger partial charge in [0.2, 0.25) is 0 Å². The third-order valence-corrected chi connectivity index (χ3v) is 4.68. The second kappa shape index (κ2) is 10.2. The Kier molecular flexibility index (Phi) is 9.81. The number of rotatable bonds is 6. The first-order valence-electron chi connectivity index (χ1n) is 8.56. The third kappa shape index (κ3) is 5.31. The highest BCUT2D eigenvalue weighted by atomic mass is 35.5. The number of halogens is 2. The fraction of sp³-hybridized carbons (Fsp3) is 0.875. The maximum Gasteiger partial charge on any atom is 0.135 e. The average Bonchev–Trinajstić information content (AvgIpc) is 2.61. The van der Waals surface area contributed by atoms with Crippen molar-refractivity contribution in [2.45, 2.75) is 64.5 Å². The van der Waals surface area contributed by atoms with E-state index in [-0.39, 0.29) is 35.9 Å². The van der Waals surface area contributed by atoms with Gasteiger partial charge in [-0.25, -0.2) is 0 Å². The van der Waals surface area contributed by atoms with Crippen molar-refractivity contribution in [2.24, 2.45) is 20.2 Å². The minimum atomic E-state index is -0.369. The van der Waals surface area contributed by atoms with Gasteiger partial charge in [-0.05, 0) is 39.5 Å². The van der Waals surface area contributed by atoms with E-state index in [0.29, 0.717) is 0 Å². The Hall–Kier alpha value is -0.880. The molecule has 0 aromatic rings. The van der Waals surface area contributed by atoms with E-state index in [1.807, 2.05) is 0 Å². The van der Waals surface area contributed by atoms with E-state index in [1.54, 1.807) is 0 Å². The van der Waals surface area contributed by atoms with Crippen LogP contribution in [0.15, 0.2) is 20.2 Å². The molecule has 0 saturated carbocycles. The van der Waals surface area contributed by atoms with Gasteiger partial charge in [0.15, 0.2) is 0 Å². The second-order valence-corrected chi connectivity index (χ2v) is 6.48. The predicted molar refractivity (Wildman–Crippen MR) is 107 cm³/mol. The number of aliphatic imine (C=N–C) groups is 2. The molecule has 2 rings (SSSR count). The number of amidine groups is 2. The molecule has 140 valence electrons. The molecule has 2 atom stereocenters. The minimum Gasteiger partial charge on any atom is -0.372 e. The molecule has 0 amide bonds. The molecule has 0 aromatic carbocycles. The average molecular weight is 379 g/mol. The van der Waals surface area contributed by atoms with Gasteiger partial charge in [0.1, 0.15) is 22.7 Å². The molecule has 2 aliphatic rings. The number of nitrogens with zero attached hydrogens (tertiary/aromatic N) is 4. The van der Waals surface area contributed by atoms with Crippen molar-refractivity contribution in [3.8, 4) is 0 Å². The summed E-state index contributed by atoms with van der Waals surface area (Å²) >= 11 is 0. The van der Waals surface area contributed by atoms with Crippen molar-refractivity contribution >= 4 is 36.5 Å². The van der Waals surface area contributed by atoms with Gasteiger partial charge in [0.25, 0.3) is 0 Å². The van der Waals surface area contributed by atoms with Crippen molar-refractivity contribution in [1.29, 1.82) is 0 Å². The van der Waals surface area contributed by atoms with E-state index in [4.69, 9.17) is 10.2 Å². The summed E-state index contributed by atoms with van der Waals surface area (Å²) in [5.74, 6) is 1.95. The summed E-state index contributed by atoms with van der Waals surface area (Å²) in [5, 5.41) is 16.2. The zero-order chi connectivity index (χ0) is 16.1. The van der Waals surface area contributed by atoms with Crippen molar-refractivity contribution in [2.75, 3.05) is 26.2 Å². The van der Waals surface area contributed by atoms with Gasteiger partial charge in [-0.1, -0.05) is 13.8 Å². The lowest BCUT2D eigenvalue weighted by Gasteiger charge is -2.31. The number of hydrogen-bond donors (Lipinski definition) is 2. The van der Waals surface area contributed by atoms with Crippen LogP contribution >= 0.6 is 24.8 Å². The van der Waals surface area contributed by atoms with Crippen LogP contribution in [0.2, 0.25) is 0 Å². The van der Waals surface area contributed by atoms with Gasteiger partial charge in [-0.15, -0.1) is 24.8 Å². The summed E-state index contributed by atoms with van der Waals surface area (Å²) in [6, 6.07) is 0. The SMILES string of the molecule is CCC(C)(/N=N/C(C)(CC)C1=NCCCN1)C1=NCCCN1.Cl.Cl. The molecular formula is C16H32Cl2N6. The fourth-order valence-electron chi connectivity index (χ4n) is 2.58. The van der Waals surface area contributed by atoms with Gasteiger partial charge in [0.05, 0.1) is 0 Å². The van der Waals surface area contributed by atoms with E-state index in [1.165, 1.54) is 0 Å². The van der Waals surface area contributed by atoms with Crippen molar-refractivity contribution in [3.63, 3.8) is 0 Å². The normalized spacial score (nSPS) is 22.5. The van der Waals surface area contributed by atoms with Gasteiger partial charge in [-0.3, -0.25) is 9.98 Å². The highest BCUT2D eigenvalue weighted by molar-refractivity contribution is 5.93. The molecular weight excluding hydrogens is 347 g/mol. The largest absolute Gasteiger partial charge is 0.372 e. The lowest BCUT2D eigenvalue weighted by atomic mass is 9.96. The summed E-state index contributed by atoms with van der Waals surface area (Å²) in [7, 11) is 0. The summed E-state index contributed by atoms with van der Waals surface area (Å²) in [4.78, 5) is 9.23. The molecule has 0 bridgehead atoms. The predicted octanol–water partition coefficient (Wildman–Crippen LogP) is 3.40. The van der Waals surface area contributed by atoms with Crippen molar-refractivity contribution < 1.29 is 0 Å². The number of nitrogens with one attached hydrogen (secondary N) is 2. The lowest BCUT2D eigenvalue weighted by molar-refractivity contribution is 0.470. The summed E-state index contributed by atoms with van der Waals surface area (Å²) < 4.78 is 0. The zero-order valence-corrected chi connectivity index (χ0v) is 16.9. The van der Waals surface area contributed by atoms with Crippen molar-refractivity contribution in [1.82, 2.24) is 10.6 Å². The van der Waals surface area contributed by atoms with Gasteiger partial charge >= 0.3 is 0 Å². The maximum absolute atomic E-state index is 4.73. The molecule has 0 spiro atoms. The van der Waals surface area contributed by atoms with E-state index < -0.39 is 0 Å². The van der Waals surface area contributed by atoms with Crippen LogP contribution in [0, 0.1) is 0 Å². The molecule has 0 aromatic heterocycles. The lowest BCUT2D eigenvalue weighted by Crippen LogP contribution is -2.48. The van der Waals surface area contributed by atoms with Crippen LogP contribution in [0.5, 0.6) is 0 Å². The number of azo groups is 1. The molecule has 2 N–H and O–H groups in total. The van der Waals surface area contributed by atoms with Crippen LogP contribution in [0.25, 0.3) is 0 Å². The van der Waals surface area contributed by atoms with Crippen LogP contribution in [0.4, 0.5) is 0 Å². The quantitative estimate of drug-likeness (QED) is 0.694. The van der Waals surface area contributed by atoms with E-state index >= 15 is 0 Å². The first kappa shape index (κ1) is 23.1. The summed E-state index contributed by atoms with van der Waals surface area (Å²) in [6.45, 7) is 12.2. The standard InChI is InChI=1S/C16H30N6.2ClH/c1-5-15(3,13-17-9-7-10-18-13)21-22-16(4,6-2)14-19-11-8-12-20-14;;/h5-12H2,1-4H3,(H,17,18)(H,19,20);2*1H/b22-21+;;. The molecule has 2 unspecified atom stereocenters. The van der Waals surface area contributed by atoms with Crippen LogP contribution in [-0.4, -0.2) is 48.9 Å².